The van der Waals surface area contributed by atoms with Gasteiger partial charge in [0.2, 0.25) is 0 Å². The zero-order chi connectivity index (χ0) is 16.3. The lowest BCUT2D eigenvalue weighted by atomic mass is 10.2. The number of halogens is 1. The number of hydrogen-bond acceptors (Lipinski definition) is 4. The van der Waals surface area contributed by atoms with Gasteiger partial charge in [-0.05, 0) is 12.1 Å². The molecule has 5 heteroatoms. The summed E-state index contributed by atoms with van der Waals surface area (Å²) >= 11 is 6.15. The first-order chi connectivity index (χ1) is 11.3. The van der Waals surface area contributed by atoms with Gasteiger partial charge in [-0.15, -0.1) is 0 Å². The van der Waals surface area contributed by atoms with Gasteiger partial charge in [-0.1, -0.05) is 48.0 Å². The van der Waals surface area contributed by atoms with Crippen LogP contribution in [0.2, 0.25) is 5.02 Å². The second-order valence-electron chi connectivity index (χ2n) is 5.00. The Labute approximate surface area is 142 Å². The fourth-order valence-corrected chi connectivity index (χ4v) is 2.29. The SMILES string of the molecule is OCCOCCNCc1ccccc1OCc1ccccc1Cl. The van der Waals surface area contributed by atoms with E-state index in [1.165, 1.54) is 0 Å². The molecule has 0 amide bonds. The first-order valence-electron chi connectivity index (χ1n) is 7.64. The minimum atomic E-state index is 0.0543. The van der Waals surface area contributed by atoms with Crippen molar-refractivity contribution in [3.05, 3.63) is 64.7 Å². The maximum Gasteiger partial charge on any atom is 0.124 e. The van der Waals surface area contributed by atoms with Crippen LogP contribution in [0.15, 0.2) is 48.5 Å². The van der Waals surface area contributed by atoms with E-state index in [0.717, 1.165) is 23.4 Å². The lowest BCUT2D eigenvalue weighted by Gasteiger charge is -2.13. The van der Waals surface area contributed by atoms with Gasteiger partial charge in [0.1, 0.15) is 12.4 Å². The standard InChI is InChI=1S/C18H22ClNO3/c19-17-7-3-1-6-16(17)14-23-18-8-4-2-5-15(18)13-20-9-11-22-12-10-21/h1-8,20-21H,9-14H2. The number of aliphatic hydroxyl groups excluding tert-OH is 1. The molecular weight excluding hydrogens is 314 g/mol. The third kappa shape index (κ3) is 6.20. The highest BCUT2D eigenvalue weighted by molar-refractivity contribution is 6.31. The van der Waals surface area contributed by atoms with Crippen molar-refractivity contribution in [2.24, 2.45) is 0 Å². The molecule has 2 aromatic rings. The molecule has 2 N–H and O–H groups in total. The second-order valence-corrected chi connectivity index (χ2v) is 5.41. The summed E-state index contributed by atoms with van der Waals surface area (Å²) in [5, 5.41) is 12.6. The van der Waals surface area contributed by atoms with Crippen molar-refractivity contribution in [3.8, 4) is 5.75 Å². The zero-order valence-corrected chi connectivity index (χ0v) is 13.8. The van der Waals surface area contributed by atoms with E-state index in [9.17, 15) is 0 Å². The molecule has 0 spiro atoms. The summed E-state index contributed by atoms with van der Waals surface area (Å²) in [5.74, 6) is 0.844. The molecule has 0 unspecified atom stereocenters. The van der Waals surface area contributed by atoms with Crippen LogP contribution in [-0.4, -0.2) is 31.5 Å². The normalized spacial score (nSPS) is 10.7. The number of ether oxygens (including phenoxy) is 2. The van der Waals surface area contributed by atoms with Crippen molar-refractivity contribution >= 4 is 11.6 Å². The Bertz CT molecular complexity index is 592. The Morgan fingerprint density at radius 3 is 2.48 bits per heavy atom. The van der Waals surface area contributed by atoms with Gasteiger partial charge >= 0.3 is 0 Å². The molecule has 0 aliphatic rings. The lowest BCUT2D eigenvalue weighted by Crippen LogP contribution is -2.20. The predicted molar refractivity (Wildman–Crippen MR) is 91.8 cm³/mol. The molecule has 0 saturated heterocycles. The predicted octanol–water partition coefficient (Wildman–Crippen LogP) is 3.02. The van der Waals surface area contributed by atoms with Gasteiger partial charge in [-0.2, -0.15) is 0 Å². The summed E-state index contributed by atoms with van der Waals surface area (Å²) in [6.45, 7) is 2.86. The number of rotatable bonds is 10. The second kappa shape index (κ2) is 10.2. The van der Waals surface area contributed by atoms with Crippen molar-refractivity contribution in [1.82, 2.24) is 5.32 Å². The maximum atomic E-state index is 8.64. The van der Waals surface area contributed by atoms with E-state index >= 15 is 0 Å². The van der Waals surface area contributed by atoms with Crippen molar-refractivity contribution in [1.29, 1.82) is 0 Å². The molecule has 0 saturated carbocycles. The molecule has 0 heterocycles. The fraction of sp³-hybridized carbons (Fsp3) is 0.333. The van der Waals surface area contributed by atoms with Gasteiger partial charge in [0.05, 0.1) is 19.8 Å². The van der Waals surface area contributed by atoms with Crippen LogP contribution in [0.25, 0.3) is 0 Å². The highest BCUT2D eigenvalue weighted by Gasteiger charge is 2.05. The van der Waals surface area contributed by atoms with Crippen LogP contribution in [0.5, 0.6) is 5.75 Å². The van der Waals surface area contributed by atoms with Crippen molar-refractivity contribution in [3.63, 3.8) is 0 Å². The summed E-state index contributed by atoms with van der Waals surface area (Å²) in [6, 6.07) is 15.6. The Morgan fingerprint density at radius 2 is 1.70 bits per heavy atom. The Morgan fingerprint density at radius 1 is 0.957 bits per heavy atom. The molecule has 0 aliphatic carbocycles. The van der Waals surface area contributed by atoms with Crippen LogP contribution in [-0.2, 0) is 17.9 Å². The van der Waals surface area contributed by atoms with Gasteiger partial charge in [-0.25, -0.2) is 0 Å². The summed E-state index contributed by atoms with van der Waals surface area (Å²) in [6.07, 6.45) is 0. The van der Waals surface area contributed by atoms with E-state index in [1.54, 1.807) is 0 Å². The number of hydrogen-bond donors (Lipinski definition) is 2. The van der Waals surface area contributed by atoms with Crippen LogP contribution in [0.3, 0.4) is 0 Å². The fourth-order valence-electron chi connectivity index (χ4n) is 2.10. The molecule has 23 heavy (non-hydrogen) atoms. The van der Waals surface area contributed by atoms with Gasteiger partial charge in [0.15, 0.2) is 0 Å². The first-order valence-corrected chi connectivity index (χ1v) is 8.02. The molecule has 2 rings (SSSR count). The average molecular weight is 336 g/mol. The number of nitrogens with one attached hydrogen (secondary N) is 1. The van der Waals surface area contributed by atoms with E-state index in [4.69, 9.17) is 26.2 Å². The Hall–Kier alpha value is -1.59. The third-order valence-electron chi connectivity index (χ3n) is 3.29. The smallest absolute Gasteiger partial charge is 0.124 e. The molecule has 0 bridgehead atoms. The quantitative estimate of drug-likeness (QED) is 0.655. The summed E-state index contributed by atoms with van der Waals surface area (Å²) < 4.78 is 11.1. The van der Waals surface area contributed by atoms with E-state index in [0.29, 0.717) is 31.4 Å². The van der Waals surface area contributed by atoms with Crippen LogP contribution in [0.4, 0.5) is 0 Å². The summed E-state index contributed by atoms with van der Waals surface area (Å²) in [5.41, 5.74) is 2.05. The van der Waals surface area contributed by atoms with Crippen LogP contribution < -0.4 is 10.1 Å². The highest BCUT2D eigenvalue weighted by Crippen LogP contribution is 2.21. The van der Waals surface area contributed by atoms with Gasteiger partial charge in [0.25, 0.3) is 0 Å². The zero-order valence-electron chi connectivity index (χ0n) is 13.0. The van der Waals surface area contributed by atoms with Gasteiger partial charge < -0.3 is 19.9 Å². The van der Waals surface area contributed by atoms with Crippen LogP contribution in [0, 0.1) is 0 Å². The van der Waals surface area contributed by atoms with Crippen LogP contribution >= 0.6 is 11.6 Å². The Kier molecular flexibility index (Phi) is 7.90. The first kappa shape index (κ1) is 17.8. The van der Waals surface area contributed by atoms with Gasteiger partial charge in [0, 0.05) is 29.2 Å². The minimum absolute atomic E-state index is 0.0543. The monoisotopic (exact) mass is 335 g/mol. The molecule has 0 aliphatic heterocycles. The molecule has 124 valence electrons. The molecule has 4 nitrogen and oxygen atoms in total. The third-order valence-corrected chi connectivity index (χ3v) is 3.66. The Balaban J connectivity index is 1.84. The van der Waals surface area contributed by atoms with Crippen molar-refractivity contribution in [2.75, 3.05) is 26.4 Å². The topological polar surface area (TPSA) is 50.7 Å². The molecule has 0 aromatic heterocycles. The van der Waals surface area contributed by atoms with Crippen molar-refractivity contribution in [2.45, 2.75) is 13.2 Å². The molecular formula is C18H22ClNO3. The average Bonchev–Trinajstić information content (AvgIpc) is 2.58. The summed E-state index contributed by atoms with van der Waals surface area (Å²) in [7, 11) is 0. The number of aliphatic hydroxyl groups is 1. The largest absolute Gasteiger partial charge is 0.489 e. The van der Waals surface area contributed by atoms with E-state index in [-0.39, 0.29) is 6.61 Å². The summed E-state index contributed by atoms with van der Waals surface area (Å²) in [4.78, 5) is 0. The minimum Gasteiger partial charge on any atom is -0.489 e. The van der Waals surface area contributed by atoms with Crippen LogP contribution in [0.1, 0.15) is 11.1 Å². The van der Waals surface area contributed by atoms with E-state index < -0.39 is 0 Å². The van der Waals surface area contributed by atoms with Crippen molar-refractivity contribution < 1.29 is 14.6 Å². The number of benzene rings is 2. The molecule has 0 atom stereocenters. The maximum absolute atomic E-state index is 8.64. The molecule has 0 fully saturated rings. The molecule has 0 radical (unpaired) electrons. The van der Waals surface area contributed by atoms with E-state index in [2.05, 4.69) is 5.32 Å². The highest BCUT2D eigenvalue weighted by atomic mass is 35.5. The lowest BCUT2D eigenvalue weighted by molar-refractivity contribution is 0.0937. The molecule has 2 aromatic carbocycles. The van der Waals surface area contributed by atoms with Gasteiger partial charge in [-0.3, -0.25) is 0 Å². The van der Waals surface area contributed by atoms with E-state index in [1.807, 2.05) is 48.5 Å². The number of para-hydroxylation sites is 1.